The summed E-state index contributed by atoms with van der Waals surface area (Å²) >= 11 is 2.89. The molecule has 31 heavy (non-hydrogen) atoms. The molecular formula is C22H29N5O2S2. The predicted molar refractivity (Wildman–Crippen MR) is 129 cm³/mol. The number of carbonyl (C=O) groups is 1. The molecule has 0 bridgehead atoms. The minimum Gasteiger partial charge on any atom is -0.302 e. The Morgan fingerprint density at radius 3 is 2.58 bits per heavy atom. The van der Waals surface area contributed by atoms with Crippen LogP contribution in [0, 0.1) is 0 Å². The van der Waals surface area contributed by atoms with Gasteiger partial charge in [0.05, 0.1) is 16.6 Å². The average molecular weight is 460 g/mol. The zero-order valence-electron chi connectivity index (χ0n) is 18.6. The second kappa shape index (κ2) is 10.4. The van der Waals surface area contributed by atoms with Crippen LogP contribution in [0.5, 0.6) is 0 Å². The Hall–Kier alpha value is -2.23. The lowest BCUT2D eigenvalue weighted by molar-refractivity contribution is -0.114. The van der Waals surface area contributed by atoms with Gasteiger partial charge in [-0.05, 0) is 39.8 Å². The normalized spacial score (nSPS) is 11.7. The molecule has 7 nitrogen and oxygen atoms in total. The third-order valence-corrected chi connectivity index (χ3v) is 6.74. The lowest BCUT2D eigenvalue weighted by atomic mass is 10.2. The van der Waals surface area contributed by atoms with E-state index in [-0.39, 0.29) is 11.5 Å². The zero-order chi connectivity index (χ0) is 22.5. The van der Waals surface area contributed by atoms with Gasteiger partial charge >= 0.3 is 0 Å². The molecule has 9 heteroatoms. The third-order valence-electron chi connectivity index (χ3n) is 4.92. The quantitative estimate of drug-likeness (QED) is 0.381. The molecule has 3 rings (SSSR count). The van der Waals surface area contributed by atoms with Crippen LogP contribution in [-0.2, 0) is 17.1 Å². The van der Waals surface area contributed by atoms with Gasteiger partial charge in [0, 0.05) is 43.2 Å². The number of amides is 1. The summed E-state index contributed by atoms with van der Waals surface area (Å²) < 4.78 is 1.78. The van der Waals surface area contributed by atoms with Crippen molar-refractivity contribution >= 4 is 45.0 Å². The number of thiazole rings is 1. The van der Waals surface area contributed by atoms with Gasteiger partial charge < -0.3 is 5.32 Å². The van der Waals surface area contributed by atoms with Gasteiger partial charge in [-0.15, -0.1) is 11.3 Å². The van der Waals surface area contributed by atoms with E-state index in [4.69, 9.17) is 4.98 Å². The molecule has 0 spiro atoms. The highest BCUT2D eigenvalue weighted by molar-refractivity contribution is 7.98. The summed E-state index contributed by atoms with van der Waals surface area (Å²) in [5.74, 6) is 0.428. The lowest BCUT2D eigenvalue weighted by Gasteiger charge is -2.30. The number of thioether (sulfide) groups is 1. The number of para-hydroxylation sites is 1. The van der Waals surface area contributed by atoms with E-state index in [9.17, 15) is 9.59 Å². The van der Waals surface area contributed by atoms with E-state index in [0.29, 0.717) is 45.6 Å². The number of benzene rings is 1. The van der Waals surface area contributed by atoms with Gasteiger partial charge in [0.2, 0.25) is 5.91 Å². The summed E-state index contributed by atoms with van der Waals surface area (Å²) in [5, 5.41) is 6.52. The highest BCUT2D eigenvalue weighted by atomic mass is 32.2. The number of nitrogens with zero attached hydrogens (tertiary/aromatic N) is 4. The maximum Gasteiger partial charge on any atom is 0.262 e. The van der Waals surface area contributed by atoms with E-state index in [0.717, 1.165) is 12.2 Å². The summed E-state index contributed by atoms with van der Waals surface area (Å²) in [5.41, 5.74) is 1.53. The van der Waals surface area contributed by atoms with Crippen LogP contribution in [0.15, 0.2) is 39.6 Å². The highest BCUT2D eigenvalue weighted by Crippen LogP contribution is 2.25. The number of hydrogen-bond acceptors (Lipinski definition) is 7. The average Bonchev–Trinajstić information content (AvgIpc) is 3.14. The monoisotopic (exact) mass is 459 g/mol. The Labute approximate surface area is 190 Å². The van der Waals surface area contributed by atoms with E-state index in [1.54, 1.807) is 4.57 Å². The number of nitrogens with one attached hydrogen (secondary N) is 1. The molecule has 0 aliphatic carbocycles. The van der Waals surface area contributed by atoms with Crippen LogP contribution in [0.3, 0.4) is 0 Å². The molecule has 0 radical (unpaired) electrons. The molecule has 0 unspecified atom stereocenters. The van der Waals surface area contributed by atoms with Gasteiger partial charge in [-0.1, -0.05) is 23.9 Å². The summed E-state index contributed by atoms with van der Waals surface area (Å²) in [4.78, 5) is 36.1. The number of aromatic nitrogens is 3. The van der Waals surface area contributed by atoms with E-state index in [1.165, 1.54) is 30.0 Å². The van der Waals surface area contributed by atoms with Crippen molar-refractivity contribution in [3.8, 4) is 0 Å². The standard InChI is InChI=1S/C22H29N5O2S2/c1-14(2)26(15(3)4)10-11-27-20(29)18-8-6-7-9-19(18)25-22(27)31-13-17-12-30-21(24-17)23-16(5)28/h6-9,12,14-15H,10-11,13H2,1-5H3,(H,23,24,28). The Morgan fingerprint density at radius 2 is 1.90 bits per heavy atom. The van der Waals surface area contributed by atoms with Gasteiger partial charge in [-0.3, -0.25) is 19.1 Å². The summed E-state index contributed by atoms with van der Waals surface area (Å²) in [6.45, 7) is 11.5. The van der Waals surface area contributed by atoms with Crippen LogP contribution >= 0.6 is 23.1 Å². The number of hydrogen-bond donors (Lipinski definition) is 1. The highest BCUT2D eigenvalue weighted by Gasteiger charge is 2.17. The van der Waals surface area contributed by atoms with Gasteiger partial charge in [0.25, 0.3) is 5.56 Å². The molecule has 2 aromatic heterocycles. The van der Waals surface area contributed by atoms with Crippen molar-refractivity contribution in [2.75, 3.05) is 11.9 Å². The molecule has 0 atom stereocenters. The van der Waals surface area contributed by atoms with Crippen molar-refractivity contribution in [3.63, 3.8) is 0 Å². The van der Waals surface area contributed by atoms with Crippen molar-refractivity contribution in [1.82, 2.24) is 19.4 Å². The van der Waals surface area contributed by atoms with Crippen LogP contribution in [0.4, 0.5) is 5.13 Å². The van der Waals surface area contributed by atoms with Crippen LogP contribution < -0.4 is 10.9 Å². The Balaban J connectivity index is 1.88. The molecule has 166 valence electrons. The first-order valence-corrected chi connectivity index (χ1v) is 12.2. The number of anilines is 1. The number of fused-ring (bicyclic) bond motifs is 1. The molecule has 0 fully saturated rings. The zero-order valence-corrected chi connectivity index (χ0v) is 20.2. The first-order chi connectivity index (χ1) is 14.8. The summed E-state index contributed by atoms with van der Waals surface area (Å²) in [7, 11) is 0. The largest absolute Gasteiger partial charge is 0.302 e. The van der Waals surface area contributed by atoms with E-state index >= 15 is 0 Å². The molecule has 3 aromatic rings. The second-order valence-corrected chi connectivity index (χ2v) is 9.71. The fourth-order valence-corrected chi connectivity index (χ4v) is 5.28. The first kappa shape index (κ1) is 23.4. The van der Waals surface area contributed by atoms with Crippen LogP contribution in [-0.4, -0.2) is 44.0 Å². The second-order valence-electron chi connectivity index (χ2n) is 7.91. The topological polar surface area (TPSA) is 80.1 Å². The van der Waals surface area contributed by atoms with Gasteiger partial charge in [-0.2, -0.15) is 0 Å². The smallest absolute Gasteiger partial charge is 0.262 e. The van der Waals surface area contributed by atoms with Crippen molar-refractivity contribution in [3.05, 3.63) is 45.7 Å². The van der Waals surface area contributed by atoms with Crippen molar-refractivity contribution < 1.29 is 4.79 Å². The van der Waals surface area contributed by atoms with Crippen LogP contribution in [0.25, 0.3) is 10.9 Å². The molecule has 2 heterocycles. The maximum atomic E-state index is 13.3. The molecule has 0 saturated carbocycles. The van der Waals surface area contributed by atoms with Crippen molar-refractivity contribution in [2.24, 2.45) is 0 Å². The van der Waals surface area contributed by atoms with Gasteiger partial charge in [0.15, 0.2) is 10.3 Å². The van der Waals surface area contributed by atoms with Crippen LogP contribution in [0.1, 0.15) is 40.3 Å². The molecule has 1 aromatic carbocycles. The Morgan fingerprint density at radius 1 is 1.19 bits per heavy atom. The minimum atomic E-state index is -0.140. The van der Waals surface area contributed by atoms with E-state index < -0.39 is 0 Å². The Kier molecular flexibility index (Phi) is 7.85. The van der Waals surface area contributed by atoms with E-state index in [1.807, 2.05) is 29.6 Å². The summed E-state index contributed by atoms with van der Waals surface area (Å²) in [6, 6.07) is 8.25. The fraction of sp³-hybridized carbons (Fsp3) is 0.455. The SMILES string of the molecule is CC(=O)Nc1nc(CSc2nc3ccccc3c(=O)n2CCN(C(C)C)C(C)C)cs1. The minimum absolute atomic E-state index is 0.0159. The number of carbonyl (C=O) groups excluding carboxylic acids is 1. The lowest BCUT2D eigenvalue weighted by Crippen LogP contribution is -2.40. The van der Waals surface area contributed by atoms with Crippen molar-refractivity contribution in [2.45, 2.75) is 64.2 Å². The van der Waals surface area contributed by atoms with Crippen LogP contribution in [0.2, 0.25) is 0 Å². The molecular weight excluding hydrogens is 430 g/mol. The molecule has 1 N–H and O–H groups in total. The molecule has 0 aliphatic rings. The molecule has 1 amide bonds. The molecule has 0 aliphatic heterocycles. The fourth-order valence-electron chi connectivity index (χ4n) is 3.50. The van der Waals surface area contributed by atoms with E-state index in [2.05, 4.69) is 42.9 Å². The Bertz CT molecular complexity index is 1100. The van der Waals surface area contributed by atoms with Gasteiger partial charge in [-0.25, -0.2) is 9.97 Å². The molecule has 0 saturated heterocycles. The predicted octanol–water partition coefficient (Wildman–Crippen LogP) is 4.22. The number of rotatable bonds is 9. The summed E-state index contributed by atoms with van der Waals surface area (Å²) in [6.07, 6.45) is 0. The third kappa shape index (κ3) is 5.93. The maximum absolute atomic E-state index is 13.3. The van der Waals surface area contributed by atoms with Crippen molar-refractivity contribution in [1.29, 1.82) is 0 Å². The first-order valence-electron chi connectivity index (χ1n) is 10.4. The van der Waals surface area contributed by atoms with Gasteiger partial charge in [0.1, 0.15) is 0 Å².